The van der Waals surface area contributed by atoms with E-state index in [1.165, 1.54) is 23.8 Å². The van der Waals surface area contributed by atoms with Crippen molar-refractivity contribution in [2.75, 3.05) is 7.11 Å². The zero-order chi connectivity index (χ0) is 21.5. The van der Waals surface area contributed by atoms with Gasteiger partial charge in [0.2, 0.25) is 0 Å². The largest absolute Gasteiger partial charge is 0.497 e. The number of rotatable bonds is 3. The summed E-state index contributed by atoms with van der Waals surface area (Å²) >= 11 is 6.04. The van der Waals surface area contributed by atoms with Crippen molar-refractivity contribution in [1.29, 1.82) is 0 Å². The van der Waals surface area contributed by atoms with Crippen molar-refractivity contribution < 1.29 is 22.7 Å². The number of carbonyl (C=O) groups excluding carboxylic acids is 1. The minimum Gasteiger partial charge on any atom is -0.497 e. The van der Waals surface area contributed by atoms with Gasteiger partial charge in [-0.3, -0.25) is 9.36 Å². The molecule has 3 aromatic carbocycles. The lowest BCUT2D eigenvalue weighted by molar-refractivity contribution is -0.137. The number of methoxy groups -OCH3 is 1. The van der Waals surface area contributed by atoms with Gasteiger partial charge in [-0.2, -0.15) is 13.2 Å². The van der Waals surface area contributed by atoms with Gasteiger partial charge in [0.15, 0.2) is 0 Å². The Morgan fingerprint density at radius 2 is 1.77 bits per heavy atom. The summed E-state index contributed by atoms with van der Waals surface area (Å²) < 4.78 is 46.0. The van der Waals surface area contributed by atoms with Crippen molar-refractivity contribution in [2.24, 2.45) is 0 Å². The van der Waals surface area contributed by atoms with Gasteiger partial charge in [0.05, 0.1) is 23.7 Å². The van der Waals surface area contributed by atoms with E-state index in [2.05, 4.69) is 4.98 Å². The first-order valence-corrected chi connectivity index (χ1v) is 9.20. The van der Waals surface area contributed by atoms with E-state index in [0.29, 0.717) is 27.4 Å². The summed E-state index contributed by atoms with van der Waals surface area (Å²) in [5, 5.41) is 0.402. The third-order valence-corrected chi connectivity index (χ3v) is 4.84. The summed E-state index contributed by atoms with van der Waals surface area (Å²) in [6.45, 7) is 0. The predicted octanol–water partition coefficient (Wildman–Crippen LogP) is 6.07. The van der Waals surface area contributed by atoms with Gasteiger partial charge in [-0.25, -0.2) is 4.98 Å². The Bertz CT molecular complexity index is 1250. The Balaban J connectivity index is 1.93. The highest BCUT2D eigenvalue weighted by Crippen LogP contribution is 2.33. The van der Waals surface area contributed by atoms with Gasteiger partial charge < -0.3 is 4.74 Å². The van der Waals surface area contributed by atoms with Crippen molar-refractivity contribution >= 4 is 28.5 Å². The molecule has 152 valence electrons. The number of fused-ring (bicyclic) bond motifs is 1. The Hall–Kier alpha value is -3.32. The van der Waals surface area contributed by atoms with Gasteiger partial charge in [0.25, 0.3) is 5.91 Å². The third kappa shape index (κ3) is 3.64. The molecule has 0 radical (unpaired) electrons. The van der Waals surface area contributed by atoms with Gasteiger partial charge >= 0.3 is 6.18 Å². The van der Waals surface area contributed by atoms with Crippen LogP contribution in [0.1, 0.15) is 15.9 Å². The van der Waals surface area contributed by atoms with Crippen LogP contribution in [0.15, 0.2) is 66.7 Å². The molecule has 0 N–H and O–H groups in total. The summed E-state index contributed by atoms with van der Waals surface area (Å²) in [6, 6.07) is 15.9. The number of halogens is 4. The topological polar surface area (TPSA) is 44.1 Å². The van der Waals surface area contributed by atoms with E-state index in [9.17, 15) is 18.0 Å². The lowest BCUT2D eigenvalue weighted by Crippen LogP contribution is -2.14. The normalized spacial score (nSPS) is 11.6. The fourth-order valence-corrected chi connectivity index (χ4v) is 3.32. The average Bonchev–Trinajstić information content (AvgIpc) is 3.11. The molecule has 0 spiro atoms. The molecular formula is C22H14ClF3N2O2. The zero-order valence-corrected chi connectivity index (χ0v) is 16.3. The first kappa shape index (κ1) is 20.0. The molecule has 30 heavy (non-hydrogen) atoms. The van der Waals surface area contributed by atoms with Crippen molar-refractivity contribution in [3.8, 4) is 17.1 Å². The van der Waals surface area contributed by atoms with Crippen LogP contribution in [-0.4, -0.2) is 22.6 Å². The quantitative estimate of drug-likeness (QED) is 0.396. The standard InChI is InChI=1S/C22H14ClF3N2O2/c1-30-17-8-5-13(6-9-17)21(29)28-19-10-7-16(23)12-18(19)27-20(28)14-3-2-4-15(11-14)22(24,25)26/h2-12H,1H3. The van der Waals surface area contributed by atoms with Crippen molar-refractivity contribution in [3.63, 3.8) is 0 Å². The van der Waals surface area contributed by atoms with E-state index >= 15 is 0 Å². The van der Waals surface area contributed by atoms with Crippen LogP contribution in [0.4, 0.5) is 13.2 Å². The molecule has 0 aliphatic carbocycles. The molecular weight excluding hydrogens is 417 g/mol. The highest BCUT2D eigenvalue weighted by atomic mass is 35.5. The van der Waals surface area contributed by atoms with Gasteiger partial charge in [-0.15, -0.1) is 0 Å². The van der Waals surface area contributed by atoms with E-state index in [1.807, 2.05) is 0 Å². The summed E-state index contributed by atoms with van der Waals surface area (Å²) in [5.41, 5.74) is 0.509. The van der Waals surface area contributed by atoms with Crippen LogP contribution in [0.3, 0.4) is 0 Å². The first-order valence-electron chi connectivity index (χ1n) is 8.82. The van der Waals surface area contributed by atoms with Crippen LogP contribution in [0.2, 0.25) is 5.02 Å². The minimum atomic E-state index is -4.52. The van der Waals surface area contributed by atoms with E-state index in [1.54, 1.807) is 42.5 Å². The van der Waals surface area contributed by atoms with Gasteiger partial charge in [0, 0.05) is 16.1 Å². The number of ether oxygens (including phenoxy) is 1. The molecule has 4 nitrogen and oxygen atoms in total. The Morgan fingerprint density at radius 1 is 1.03 bits per heavy atom. The SMILES string of the molecule is COc1ccc(C(=O)n2c(-c3cccc(C(F)(F)F)c3)nc3cc(Cl)ccc32)cc1. The minimum absolute atomic E-state index is 0.0965. The first-order chi connectivity index (χ1) is 14.3. The molecule has 0 aliphatic rings. The second-order valence-electron chi connectivity index (χ2n) is 6.52. The molecule has 1 aromatic heterocycles. The predicted molar refractivity (Wildman–Crippen MR) is 108 cm³/mol. The molecule has 0 bridgehead atoms. The van der Waals surface area contributed by atoms with Gasteiger partial charge in [0.1, 0.15) is 11.6 Å². The molecule has 0 saturated carbocycles. The lowest BCUT2D eigenvalue weighted by atomic mass is 10.1. The number of nitrogens with zero attached hydrogens (tertiary/aromatic N) is 2. The summed E-state index contributed by atoms with van der Waals surface area (Å²) in [6.07, 6.45) is -4.52. The van der Waals surface area contributed by atoms with Crippen LogP contribution in [0.25, 0.3) is 22.4 Å². The fraction of sp³-hybridized carbons (Fsp3) is 0.0909. The average molecular weight is 431 g/mol. The molecule has 0 fully saturated rings. The fourth-order valence-electron chi connectivity index (χ4n) is 3.15. The highest BCUT2D eigenvalue weighted by Gasteiger charge is 2.31. The molecule has 0 saturated heterocycles. The van der Waals surface area contributed by atoms with Crippen molar-refractivity contribution in [3.05, 3.63) is 82.9 Å². The summed E-state index contributed by atoms with van der Waals surface area (Å²) in [7, 11) is 1.51. The molecule has 4 rings (SSSR count). The molecule has 8 heteroatoms. The van der Waals surface area contributed by atoms with Crippen LogP contribution < -0.4 is 4.74 Å². The van der Waals surface area contributed by atoms with Crippen LogP contribution in [0.5, 0.6) is 5.75 Å². The lowest BCUT2D eigenvalue weighted by Gasteiger charge is -2.11. The number of hydrogen-bond donors (Lipinski definition) is 0. The monoisotopic (exact) mass is 430 g/mol. The van der Waals surface area contributed by atoms with Crippen LogP contribution in [0, 0.1) is 0 Å². The van der Waals surface area contributed by atoms with E-state index in [0.717, 1.165) is 12.1 Å². The van der Waals surface area contributed by atoms with Crippen molar-refractivity contribution in [1.82, 2.24) is 9.55 Å². The third-order valence-electron chi connectivity index (χ3n) is 4.60. The van der Waals surface area contributed by atoms with Crippen LogP contribution >= 0.6 is 11.6 Å². The molecule has 4 aromatic rings. The highest BCUT2D eigenvalue weighted by molar-refractivity contribution is 6.31. The number of carbonyl (C=O) groups is 1. The summed E-state index contributed by atoms with van der Waals surface area (Å²) in [4.78, 5) is 17.7. The molecule has 0 atom stereocenters. The number of hydrogen-bond acceptors (Lipinski definition) is 3. The van der Waals surface area contributed by atoms with Gasteiger partial charge in [-0.05, 0) is 54.6 Å². The second-order valence-corrected chi connectivity index (χ2v) is 6.95. The van der Waals surface area contributed by atoms with E-state index in [-0.39, 0.29) is 11.4 Å². The zero-order valence-electron chi connectivity index (χ0n) is 15.6. The van der Waals surface area contributed by atoms with E-state index < -0.39 is 17.6 Å². The maximum atomic E-state index is 13.3. The molecule has 1 heterocycles. The second kappa shape index (κ2) is 7.50. The van der Waals surface area contributed by atoms with Crippen molar-refractivity contribution in [2.45, 2.75) is 6.18 Å². The number of imidazole rings is 1. The Kier molecular flexibility index (Phi) is 4.99. The number of alkyl halides is 3. The molecule has 0 unspecified atom stereocenters. The summed E-state index contributed by atoms with van der Waals surface area (Å²) in [5.74, 6) is 0.237. The smallest absolute Gasteiger partial charge is 0.416 e. The van der Waals surface area contributed by atoms with E-state index in [4.69, 9.17) is 16.3 Å². The maximum absolute atomic E-state index is 13.3. The Labute approximate surface area is 174 Å². The number of benzene rings is 3. The molecule has 0 amide bonds. The molecule has 0 aliphatic heterocycles. The van der Waals surface area contributed by atoms with Gasteiger partial charge in [-0.1, -0.05) is 23.7 Å². The van der Waals surface area contributed by atoms with Crippen LogP contribution in [-0.2, 0) is 6.18 Å². The maximum Gasteiger partial charge on any atom is 0.416 e. The number of aromatic nitrogens is 2. The Morgan fingerprint density at radius 3 is 2.43 bits per heavy atom.